The molecule has 1 N–H and O–H groups in total. The molecular weight excluding hydrogens is 542 g/mol. The Morgan fingerprint density at radius 1 is 1.21 bits per heavy atom. The average molecular weight is 568 g/mol. The zero-order chi connectivity index (χ0) is 28.4. The topological polar surface area (TPSA) is 117 Å². The first kappa shape index (κ1) is 29.4. The number of halogens is 1. The van der Waals surface area contributed by atoms with E-state index < -0.39 is 16.0 Å². The number of fused-ring (bicyclic) bond motifs is 1. The Morgan fingerprint density at radius 3 is 2.72 bits per heavy atom. The molecule has 3 rings (SSSR count). The Labute approximate surface area is 232 Å². The van der Waals surface area contributed by atoms with Crippen LogP contribution in [0.4, 0.5) is 0 Å². The molecule has 2 aromatic heterocycles. The normalized spacial score (nSPS) is 11.6. The molecule has 2 heterocycles. The maximum absolute atomic E-state index is 12.9. The van der Waals surface area contributed by atoms with E-state index in [1.54, 1.807) is 24.3 Å². The van der Waals surface area contributed by atoms with Crippen LogP contribution in [0.25, 0.3) is 10.9 Å². The van der Waals surface area contributed by atoms with Crippen LogP contribution in [0, 0.1) is 11.8 Å². The van der Waals surface area contributed by atoms with Crippen molar-refractivity contribution in [2.75, 3.05) is 27.4 Å². The summed E-state index contributed by atoms with van der Waals surface area (Å²) in [6.45, 7) is 6.13. The molecule has 39 heavy (non-hydrogen) atoms. The van der Waals surface area contributed by atoms with E-state index in [4.69, 9.17) is 21.1 Å². The van der Waals surface area contributed by atoms with Gasteiger partial charge in [-0.05, 0) is 43.3 Å². The van der Waals surface area contributed by atoms with E-state index in [1.165, 1.54) is 50.9 Å². The number of esters is 1. The molecule has 0 spiro atoms. The van der Waals surface area contributed by atoms with Crippen LogP contribution in [0.2, 0.25) is 0 Å². The molecule has 1 aromatic carbocycles. The first-order valence-electron chi connectivity index (χ1n) is 11.6. The molecule has 0 amide bonds. The molecule has 0 unspecified atom stereocenters. The molecule has 0 radical (unpaired) electrons. The summed E-state index contributed by atoms with van der Waals surface area (Å²) in [5.74, 6) is 6.01. The number of aromatic nitrogens is 2. The molecular formula is C28H26ClN3O6S. The van der Waals surface area contributed by atoms with Crippen molar-refractivity contribution in [1.82, 2.24) is 14.7 Å². The summed E-state index contributed by atoms with van der Waals surface area (Å²) in [4.78, 5) is 19.9. The van der Waals surface area contributed by atoms with Gasteiger partial charge in [0.05, 0.1) is 31.9 Å². The maximum atomic E-state index is 12.9. The van der Waals surface area contributed by atoms with Gasteiger partial charge in [0.25, 0.3) is 0 Å². The SMILES string of the molecule is C=C(C#Cc1cnc(C(=O)OC)cc1OC)/C=C(Cl)\C=C/CNS(=O)(=O)c1ccc(OCC)c2cccnc12. The second-order valence-electron chi connectivity index (χ2n) is 7.71. The third-order valence-corrected chi connectivity index (χ3v) is 6.79. The van der Waals surface area contributed by atoms with E-state index in [0.717, 1.165) is 0 Å². The van der Waals surface area contributed by atoms with Gasteiger partial charge in [-0.2, -0.15) is 0 Å². The zero-order valence-corrected chi connectivity index (χ0v) is 23.1. The zero-order valence-electron chi connectivity index (χ0n) is 21.5. The fraction of sp³-hybridized carbons (Fsp3) is 0.179. The van der Waals surface area contributed by atoms with E-state index >= 15 is 0 Å². The number of hydrogen-bond acceptors (Lipinski definition) is 8. The molecule has 0 bridgehead atoms. The Balaban J connectivity index is 1.66. The molecule has 202 valence electrons. The Morgan fingerprint density at radius 2 is 2.00 bits per heavy atom. The quantitative estimate of drug-likeness (QED) is 0.218. The van der Waals surface area contributed by atoms with E-state index in [-0.39, 0.29) is 22.2 Å². The largest absolute Gasteiger partial charge is 0.495 e. The first-order valence-corrected chi connectivity index (χ1v) is 13.4. The number of sulfonamides is 1. The summed E-state index contributed by atoms with van der Waals surface area (Å²) < 4.78 is 43.9. The van der Waals surface area contributed by atoms with Crippen molar-refractivity contribution in [3.8, 4) is 23.3 Å². The highest BCUT2D eigenvalue weighted by Crippen LogP contribution is 2.29. The van der Waals surface area contributed by atoms with Gasteiger partial charge in [-0.15, -0.1) is 0 Å². The number of ether oxygens (including phenoxy) is 3. The molecule has 0 saturated carbocycles. The van der Waals surface area contributed by atoms with Gasteiger partial charge in [-0.25, -0.2) is 22.9 Å². The minimum Gasteiger partial charge on any atom is -0.495 e. The van der Waals surface area contributed by atoms with Crippen LogP contribution in [0.5, 0.6) is 11.5 Å². The lowest BCUT2D eigenvalue weighted by Gasteiger charge is -2.11. The minimum absolute atomic E-state index is 0.0124. The number of nitrogens with one attached hydrogen (secondary N) is 1. The van der Waals surface area contributed by atoms with E-state index in [9.17, 15) is 13.2 Å². The molecule has 3 aromatic rings. The first-order chi connectivity index (χ1) is 18.7. The van der Waals surface area contributed by atoms with Crippen LogP contribution in [-0.2, 0) is 14.8 Å². The number of pyridine rings is 2. The van der Waals surface area contributed by atoms with Crippen LogP contribution < -0.4 is 14.2 Å². The fourth-order valence-electron chi connectivity index (χ4n) is 3.34. The van der Waals surface area contributed by atoms with Gasteiger partial charge in [-0.1, -0.05) is 36.1 Å². The van der Waals surface area contributed by atoms with Crippen LogP contribution in [0.3, 0.4) is 0 Å². The number of allylic oxidation sites excluding steroid dienone is 4. The summed E-state index contributed by atoms with van der Waals surface area (Å²) >= 11 is 6.24. The van der Waals surface area contributed by atoms with Crippen molar-refractivity contribution in [3.05, 3.63) is 89.4 Å². The minimum atomic E-state index is -3.86. The predicted octanol–water partition coefficient (Wildman–Crippen LogP) is 4.39. The highest BCUT2D eigenvalue weighted by atomic mass is 35.5. The van der Waals surface area contributed by atoms with E-state index in [1.807, 2.05) is 6.92 Å². The van der Waals surface area contributed by atoms with Crippen molar-refractivity contribution in [2.24, 2.45) is 0 Å². The summed E-state index contributed by atoms with van der Waals surface area (Å²) in [6, 6.07) is 7.99. The van der Waals surface area contributed by atoms with Gasteiger partial charge in [0.2, 0.25) is 10.0 Å². The number of nitrogens with zero attached hydrogens (tertiary/aromatic N) is 2. The lowest BCUT2D eigenvalue weighted by molar-refractivity contribution is 0.0593. The molecule has 0 aliphatic heterocycles. The molecule has 0 saturated heterocycles. The monoisotopic (exact) mass is 567 g/mol. The number of methoxy groups -OCH3 is 2. The van der Waals surface area contributed by atoms with Gasteiger partial charge in [0.15, 0.2) is 5.69 Å². The molecule has 9 nitrogen and oxygen atoms in total. The van der Waals surface area contributed by atoms with Gasteiger partial charge >= 0.3 is 5.97 Å². The van der Waals surface area contributed by atoms with Crippen molar-refractivity contribution in [1.29, 1.82) is 0 Å². The predicted molar refractivity (Wildman–Crippen MR) is 149 cm³/mol. The number of carbonyl (C=O) groups is 1. The van der Waals surface area contributed by atoms with Crippen molar-refractivity contribution in [3.63, 3.8) is 0 Å². The van der Waals surface area contributed by atoms with Gasteiger partial charge in [0, 0.05) is 41.0 Å². The van der Waals surface area contributed by atoms with Crippen LogP contribution in [0.15, 0.2) is 83.0 Å². The molecule has 0 aliphatic rings. The van der Waals surface area contributed by atoms with Gasteiger partial charge < -0.3 is 14.2 Å². The molecule has 0 fully saturated rings. The highest BCUT2D eigenvalue weighted by molar-refractivity contribution is 7.89. The van der Waals surface area contributed by atoms with Gasteiger partial charge in [-0.3, -0.25) is 4.98 Å². The summed E-state index contributed by atoms with van der Waals surface area (Å²) in [5, 5.41) is 0.893. The smallest absolute Gasteiger partial charge is 0.356 e. The lowest BCUT2D eigenvalue weighted by atomic mass is 10.2. The van der Waals surface area contributed by atoms with Crippen molar-refractivity contribution < 1.29 is 27.4 Å². The van der Waals surface area contributed by atoms with Crippen molar-refractivity contribution in [2.45, 2.75) is 11.8 Å². The number of benzene rings is 1. The van der Waals surface area contributed by atoms with Crippen molar-refractivity contribution >= 4 is 38.5 Å². The lowest BCUT2D eigenvalue weighted by Crippen LogP contribution is -2.24. The maximum Gasteiger partial charge on any atom is 0.356 e. The summed E-state index contributed by atoms with van der Waals surface area (Å²) in [7, 11) is -1.16. The molecule has 0 aliphatic carbocycles. The van der Waals surface area contributed by atoms with Gasteiger partial charge in [0.1, 0.15) is 16.4 Å². The third-order valence-electron chi connectivity index (χ3n) is 5.10. The Kier molecular flexibility index (Phi) is 10.2. The third kappa shape index (κ3) is 7.67. The number of hydrogen-bond donors (Lipinski definition) is 1. The summed E-state index contributed by atoms with van der Waals surface area (Å²) in [5.41, 5.74) is 1.24. The summed E-state index contributed by atoms with van der Waals surface area (Å²) in [6.07, 6.45) is 7.53. The Hall–Kier alpha value is -4.17. The Bertz CT molecular complexity index is 1620. The van der Waals surface area contributed by atoms with E-state index in [0.29, 0.717) is 40.1 Å². The van der Waals surface area contributed by atoms with Crippen LogP contribution >= 0.6 is 11.6 Å². The van der Waals surface area contributed by atoms with Crippen LogP contribution in [-0.4, -0.2) is 51.7 Å². The average Bonchev–Trinajstić information content (AvgIpc) is 2.93. The fourth-order valence-corrected chi connectivity index (χ4v) is 4.70. The second kappa shape index (κ2) is 13.6. The second-order valence-corrected chi connectivity index (χ2v) is 9.89. The van der Waals surface area contributed by atoms with E-state index in [2.05, 4.69) is 37.8 Å². The molecule has 0 atom stereocenters. The number of carbonyl (C=O) groups excluding carboxylic acids is 1. The standard InChI is InChI=1S/C28H26ClN3O6S/c1-5-38-24-12-13-26(27-22(24)9-7-14-30-27)39(34,35)32-15-6-8-21(29)16-19(2)10-11-20-18-31-23(28(33)37-4)17-25(20)36-3/h6-9,12-14,16-18,32H,2,5,15H2,1,3-4H3/b8-6-,21-16+. The molecule has 11 heteroatoms. The van der Waals surface area contributed by atoms with Crippen LogP contribution in [0.1, 0.15) is 23.0 Å². The highest BCUT2D eigenvalue weighted by Gasteiger charge is 2.19. The number of rotatable bonds is 10.